The fraction of sp³-hybridized carbons (Fsp3) is 0.355. The second kappa shape index (κ2) is 10.8. The van der Waals surface area contributed by atoms with Gasteiger partial charge >= 0.3 is 0 Å². The van der Waals surface area contributed by atoms with Gasteiger partial charge in [0.15, 0.2) is 5.82 Å². The quantitative estimate of drug-likeness (QED) is 0.325. The Morgan fingerprint density at radius 1 is 1.07 bits per heavy atom. The highest BCUT2D eigenvalue weighted by Gasteiger charge is 2.32. The van der Waals surface area contributed by atoms with Crippen LogP contribution in [0.3, 0.4) is 0 Å². The summed E-state index contributed by atoms with van der Waals surface area (Å²) in [6, 6.07) is 12.2. The summed E-state index contributed by atoms with van der Waals surface area (Å²) in [6.45, 7) is 4.35. The molecule has 2 aromatic heterocycles. The Balaban J connectivity index is 1.07. The molecule has 0 radical (unpaired) electrons. The molecule has 13 heteroatoms. The normalized spacial score (nSPS) is 20.4. The van der Waals surface area contributed by atoms with E-state index in [-0.39, 0.29) is 23.8 Å². The summed E-state index contributed by atoms with van der Waals surface area (Å²) in [4.78, 5) is 51.8. The fourth-order valence-corrected chi connectivity index (χ4v) is 6.61. The zero-order valence-electron chi connectivity index (χ0n) is 24.7. The Labute approximate surface area is 259 Å². The minimum absolute atomic E-state index is 0.0741. The molecule has 44 heavy (non-hydrogen) atoms. The highest BCUT2D eigenvalue weighted by Crippen LogP contribution is 2.35. The van der Waals surface area contributed by atoms with Gasteiger partial charge in [0.1, 0.15) is 5.02 Å². The number of piperidine rings is 1. The van der Waals surface area contributed by atoms with Crippen LogP contribution in [-0.4, -0.2) is 70.2 Å². The maximum absolute atomic E-state index is 12.5. The van der Waals surface area contributed by atoms with Crippen molar-refractivity contribution in [2.24, 2.45) is 7.05 Å². The van der Waals surface area contributed by atoms with E-state index >= 15 is 0 Å². The standard InChI is InChI=1S/C31H32ClN9O3/c1-17-16-40(31-33-15-23(32)29(36-31)34-19-4-8-24-18(12-19)13-27(43)38(24)2)10-11-41(17)20-5-6-21-25(14-20)39(3)37-28(21)22-7-9-26(42)35-30(22)44/h4-6,8,12,14-15,17,22H,7,9-11,13,16H2,1-3H3,(H,33,34,36)(H,35,42,44)/t17-,22?/m1/s1. The third kappa shape index (κ3) is 4.88. The van der Waals surface area contributed by atoms with Crippen molar-refractivity contribution in [3.8, 4) is 0 Å². The van der Waals surface area contributed by atoms with Crippen LogP contribution >= 0.6 is 11.6 Å². The molecule has 226 valence electrons. The zero-order valence-corrected chi connectivity index (χ0v) is 25.4. The van der Waals surface area contributed by atoms with Crippen LogP contribution in [0.25, 0.3) is 10.9 Å². The number of likely N-dealkylation sites (N-methyl/N-ethyl adjacent to an activating group) is 1. The van der Waals surface area contributed by atoms with Gasteiger partial charge in [0.05, 0.1) is 29.7 Å². The molecule has 3 amide bonds. The van der Waals surface area contributed by atoms with Crippen LogP contribution in [0.5, 0.6) is 0 Å². The Kier molecular flexibility index (Phi) is 6.88. The van der Waals surface area contributed by atoms with Crippen molar-refractivity contribution in [1.82, 2.24) is 25.1 Å². The molecule has 0 aliphatic carbocycles. The van der Waals surface area contributed by atoms with Crippen LogP contribution in [-0.2, 0) is 27.9 Å². The Morgan fingerprint density at radius 2 is 1.91 bits per heavy atom. The molecule has 2 fully saturated rings. The van der Waals surface area contributed by atoms with E-state index in [9.17, 15) is 14.4 Å². The lowest BCUT2D eigenvalue weighted by Crippen LogP contribution is -2.52. The highest BCUT2D eigenvalue weighted by atomic mass is 35.5. The minimum Gasteiger partial charge on any atom is -0.365 e. The van der Waals surface area contributed by atoms with E-state index in [0.29, 0.717) is 54.8 Å². The highest BCUT2D eigenvalue weighted by molar-refractivity contribution is 6.33. The first-order chi connectivity index (χ1) is 21.2. The number of amides is 3. The number of benzene rings is 2. The number of piperazine rings is 1. The van der Waals surface area contributed by atoms with Crippen molar-refractivity contribution in [1.29, 1.82) is 0 Å². The molecule has 1 unspecified atom stereocenters. The third-order valence-electron chi connectivity index (χ3n) is 8.83. The molecule has 0 bridgehead atoms. The van der Waals surface area contributed by atoms with E-state index in [0.717, 1.165) is 40.1 Å². The van der Waals surface area contributed by atoms with Crippen LogP contribution in [0.1, 0.15) is 36.9 Å². The number of nitrogens with zero attached hydrogens (tertiary/aromatic N) is 7. The summed E-state index contributed by atoms with van der Waals surface area (Å²) >= 11 is 6.49. The minimum atomic E-state index is -0.433. The first-order valence-corrected chi connectivity index (χ1v) is 15.0. The zero-order chi connectivity index (χ0) is 30.7. The van der Waals surface area contributed by atoms with Crippen LogP contribution in [0, 0.1) is 0 Å². The van der Waals surface area contributed by atoms with Gasteiger partial charge in [-0.05, 0) is 55.3 Å². The van der Waals surface area contributed by atoms with Gasteiger partial charge < -0.3 is 20.0 Å². The maximum Gasteiger partial charge on any atom is 0.235 e. The number of anilines is 5. The predicted octanol–water partition coefficient (Wildman–Crippen LogP) is 3.51. The molecule has 2 saturated heterocycles. The molecule has 3 aliphatic rings. The second-order valence-corrected chi connectivity index (χ2v) is 12.1. The number of nitrogens with one attached hydrogen (secondary N) is 2. The van der Waals surface area contributed by atoms with E-state index in [2.05, 4.69) is 49.6 Å². The van der Waals surface area contributed by atoms with Gasteiger partial charge in [0.25, 0.3) is 0 Å². The van der Waals surface area contributed by atoms with Crippen molar-refractivity contribution in [2.75, 3.05) is 46.7 Å². The van der Waals surface area contributed by atoms with Crippen LogP contribution in [0.2, 0.25) is 5.02 Å². The number of imide groups is 1. The molecule has 12 nitrogen and oxygen atoms in total. The van der Waals surface area contributed by atoms with Gasteiger partial charge in [-0.25, -0.2) is 4.98 Å². The Bertz CT molecular complexity index is 1840. The largest absolute Gasteiger partial charge is 0.365 e. The van der Waals surface area contributed by atoms with Gasteiger partial charge in [-0.15, -0.1) is 0 Å². The van der Waals surface area contributed by atoms with Crippen molar-refractivity contribution < 1.29 is 14.4 Å². The molecule has 7 rings (SSSR count). The lowest BCUT2D eigenvalue weighted by Gasteiger charge is -2.41. The summed E-state index contributed by atoms with van der Waals surface area (Å²) in [7, 11) is 3.67. The van der Waals surface area contributed by atoms with Gasteiger partial charge in [0.2, 0.25) is 23.7 Å². The van der Waals surface area contributed by atoms with Crippen LogP contribution in [0.15, 0.2) is 42.6 Å². The molecule has 4 aromatic rings. The molecule has 3 aliphatic heterocycles. The summed E-state index contributed by atoms with van der Waals surface area (Å²) < 4.78 is 1.81. The number of aromatic nitrogens is 4. The number of rotatable bonds is 5. The van der Waals surface area contributed by atoms with Crippen molar-refractivity contribution in [2.45, 2.75) is 38.1 Å². The predicted molar refractivity (Wildman–Crippen MR) is 169 cm³/mol. The van der Waals surface area contributed by atoms with E-state index in [1.54, 1.807) is 18.1 Å². The van der Waals surface area contributed by atoms with E-state index in [4.69, 9.17) is 16.6 Å². The average Bonchev–Trinajstić information content (AvgIpc) is 3.48. The van der Waals surface area contributed by atoms with Crippen molar-refractivity contribution in [3.63, 3.8) is 0 Å². The Morgan fingerprint density at radius 3 is 2.70 bits per heavy atom. The van der Waals surface area contributed by atoms with Crippen molar-refractivity contribution in [3.05, 3.63) is 58.9 Å². The number of carbonyl (C=O) groups excluding carboxylic acids is 3. The average molecular weight is 614 g/mol. The summed E-state index contributed by atoms with van der Waals surface area (Å²) in [6.07, 6.45) is 2.77. The fourth-order valence-electron chi connectivity index (χ4n) is 6.47. The number of halogens is 1. The number of carbonyl (C=O) groups is 3. The number of hydrogen-bond donors (Lipinski definition) is 2. The molecular formula is C31H32ClN9O3. The smallest absolute Gasteiger partial charge is 0.235 e. The summed E-state index contributed by atoms with van der Waals surface area (Å²) in [5.41, 5.74) is 5.41. The second-order valence-electron chi connectivity index (χ2n) is 11.7. The van der Waals surface area contributed by atoms with E-state index in [1.807, 2.05) is 36.0 Å². The first-order valence-electron chi connectivity index (χ1n) is 14.7. The van der Waals surface area contributed by atoms with Gasteiger partial charge in [-0.2, -0.15) is 10.1 Å². The SMILES string of the molecule is C[C@@H]1CN(c2ncc(Cl)c(Nc3ccc4c(c3)CC(=O)N4C)n2)CCN1c1ccc2c(C3CCC(=O)NC3=O)nn(C)c2c1. The summed E-state index contributed by atoms with van der Waals surface area (Å²) in [5.74, 6) is 0.231. The van der Waals surface area contributed by atoms with Gasteiger partial charge in [0, 0.05) is 68.6 Å². The third-order valence-corrected chi connectivity index (χ3v) is 9.10. The number of aryl methyl sites for hydroxylation is 1. The van der Waals surface area contributed by atoms with Gasteiger partial charge in [-0.1, -0.05) is 11.6 Å². The van der Waals surface area contributed by atoms with Gasteiger partial charge in [-0.3, -0.25) is 24.4 Å². The molecule has 0 saturated carbocycles. The number of fused-ring (bicyclic) bond motifs is 2. The molecular weight excluding hydrogens is 582 g/mol. The van der Waals surface area contributed by atoms with Crippen molar-refractivity contribution >= 4 is 69.1 Å². The maximum atomic E-state index is 12.5. The topological polar surface area (TPSA) is 129 Å². The van der Waals surface area contributed by atoms with Crippen LogP contribution < -0.4 is 25.3 Å². The number of hydrogen-bond acceptors (Lipinski definition) is 9. The molecule has 2 atom stereocenters. The Hall–Kier alpha value is -4.71. The van der Waals surface area contributed by atoms with E-state index < -0.39 is 5.92 Å². The van der Waals surface area contributed by atoms with Crippen LogP contribution in [0.4, 0.5) is 28.8 Å². The summed E-state index contributed by atoms with van der Waals surface area (Å²) in [5, 5.41) is 11.8. The molecule has 5 heterocycles. The molecule has 2 N–H and O–H groups in total. The first kappa shape index (κ1) is 28.1. The molecule has 2 aromatic carbocycles. The van der Waals surface area contributed by atoms with E-state index in [1.165, 1.54) is 0 Å². The lowest BCUT2D eigenvalue weighted by molar-refractivity contribution is -0.134. The lowest BCUT2D eigenvalue weighted by atomic mass is 9.92. The monoisotopic (exact) mass is 613 g/mol. The molecule has 0 spiro atoms.